The van der Waals surface area contributed by atoms with E-state index in [2.05, 4.69) is 10.5 Å². The number of hydrazone groups is 1. The van der Waals surface area contributed by atoms with E-state index in [1.54, 1.807) is 6.26 Å². The third kappa shape index (κ3) is 3.14. The SMILES string of the molecule is CC/C(=N/NCc1ccccc1Cl)c1ccco1. The molecule has 0 bridgehead atoms. The molecule has 4 heteroatoms. The molecule has 1 aromatic heterocycles. The van der Waals surface area contributed by atoms with Gasteiger partial charge >= 0.3 is 0 Å². The molecule has 1 aromatic carbocycles. The van der Waals surface area contributed by atoms with E-state index in [0.717, 1.165) is 28.5 Å². The Morgan fingerprint density at radius 2 is 2.11 bits per heavy atom. The number of hydrogen-bond acceptors (Lipinski definition) is 3. The maximum atomic E-state index is 6.07. The van der Waals surface area contributed by atoms with Crippen molar-refractivity contribution >= 4 is 17.3 Å². The van der Waals surface area contributed by atoms with Crippen LogP contribution in [0.1, 0.15) is 24.7 Å². The molecule has 0 aliphatic rings. The van der Waals surface area contributed by atoms with Gasteiger partial charge in [-0.1, -0.05) is 36.7 Å². The summed E-state index contributed by atoms with van der Waals surface area (Å²) >= 11 is 6.07. The van der Waals surface area contributed by atoms with Crippen LogP contribution in [0.2, 0.25) is 5.02 Å². The highest BCUT2D eigenvalue weighted by atomic mass is 35.5. The topological polar surface area (TPSA) is 37.5 Å². The van der Waals surface area contributed by atoms with Crippen molar-refractivity contribution in [1.29, 1.82) is 0 Å². The first-order chi connectivity index (χ1) is 8.81. The van der Waals surface area contributed by atoms with Gasteiger partial charge in [0.15, 0.2) is 0 Å². The van der Waals surface area contributed by atoms with Crippen molar-refractivity contribution in [2.75, 3.05) is 0 Å². The van der Waals surface area contributed by atoms with Crippen LogP contribution in [0.25, 0.3) is 0 Å². The number of rotatable bonds is 5. The Balaban J connectivity index is 2.00. The van der Waals surface area contributed by atoms with Gasteiger partial charge in [-0.25, -0.2) is 0 Å². The van der Waals surface area contributed by atoms with Crippen molar-refractivity contribution in [2.24, 2.45) is 5.10 Å². The van der Waals surface area contributed by atoms with Gasteiger partial charge in [0.05, 0.1) is 12.8 Å². The number of halogens is 1. The fourth-order valence-corrected chi connectivity index (χ4v) is 1.82. The molecule has 0 aliphatic carbocycles. The van der Waals surface area contributed by atoms with Crippen LogP contribution >= 0.6 is 11.6 Å². The molecule has 2 aromatic rings. The predicted octanol–water partition coefficient (Wildman–Crippen LogP) is 3.84. The number of nitrogens with zero attached hydrogens (tertiary/aromatic N) is 1. The molecule has 0 fully saturated rings. The number of benzene rings is 1. The maximum absolute atomic E-state index is 6.07. The Morgan fingerprint density at radius 1 is 1.28 bits per heavy atom. The van der Waals surface area contributed by atoms with Gasteiger partial charge in [0.2, 0.25) is 0 Å². The van der Waals surface area contributed by atoms with E-state index in [4.69, 9.17) is 16.0 Å². The molecule has 0 saturated heterocycles. The first-order valence-corrected chi connectivity index (χ1v) is 6.25. The fourth-order valence-electron chi connectivity index (χ4n) is 1.61. The van der Waals surface area contributed by atoms with Crippen molar-refractivity contribution in [3.63, 3.8) is 0 Å². The second-order valence-corrected chi connectivity index (χ2v) is 4.22. The third-order valence-corrected chi connectivity index (χ3v) is 2.95. The lowest BCUT2D eigenvalue weighted by Gasteiger charge is -2.05. The standard InChI is InChI=1S/C14H15ClN2O/c1-2-13(14-8-5-9-18-14)17-16-10-11-6-3-4-7-12(11)15/h3-9,16H,2,10H2,1H3/b17-13-. The molecular weight excluding hydrogens is 248 g/mol. The van der Waals surface area contributed by atoms with Crippen LogP contribution in [0.3, 0.4) is 0 Å². The summed E-state index contributed by atoms with van der Waals surface area (Å²) in [5.74, 6) is 0.796. The van der Waals surface area contributed by atoms with Gasteiger partial charge in [0.25, 0.3) is 0 Å². The Bertz CT molecular complexity index is 520. The second-order valence-electron chi connectivity index (χ2n) is 3.82. The Kier molecular flexibility index (Phi) is 4.42. The zero-order valence-electron chi connectivity index (χ0n) is 10.2. The van der Waals surface area contributed by atoms with Gasteiger partial charge in [0, 0.05) is 5.02 Å². The largest absolute Gasteiger partial charge is 0.463 e. The van der Waals surface area contributed by atoms with Gasteiger partial charge in [-0.05, 0) is 30.2 Å². The molecule has 0 amide bonds. The van der Waals surface area contributed by atoms with Crippen LogP contribution in [0.5, 0.6) is 0 Å². The summed E-state index contributed by atoms with van der Waals surface area (Å²) in [5, 5.41) is 5.08. The minimum absolute atomic E-state index is 0.601. The van der Waals surface area contributed by atoms with Gasteiger partial charge in [0.1, 0.15) is 11.5 Å². The van der Waals surface area contributed by atoms with Gasteiger partial charge < -0.3 is 9.84 Å². The monoisotopic (exact) mass is 262 g/mol. The average Bonchev–Trinajstić information content (AvgIpc) is 2.90. The lowest BCUT2D eigenvalue weighted by molar-refractivity contribution is 0.554. The quantitative estimate of drug-likeness (QED) is 0.657. The summed E-state index contributed by atoms with van der Waals surface area (Å²) in [4.78, 5) is 0. The predicted molar refractivity (Wildman–Crippen MR) is 73.8 cm³/mol. The van der Waals surface area contributed by atoms with Crippen LogP contribution in [0.4, 0.5) is 0 Å². The molecule has 2 rings (SSSR count). The molecule has 0 spiro atoms. The molecule has 0 unspecified atom stereocenters. The van der Waals surface area contributed by atoms with Crippen molar-refractivity contribution in [1.82, 2.24) is 5.43 Å². The molecule has 0 saturated carbocycles. The minimum Gasteiger partial charge on any atom is -0.463 e. The Labute approximate surface area is 111 Å². The highest BCUT2D eigenvalue weighted by molar-refractivity contribution is 6.31. The molecule has 0 atom stereocenters. The molecule has 3 nitrogen and oxygen atoms in total. The van der Waals surface area contributed by atoms with Gasteiger partial charge in [-0.15, -0.1) is 0 Å². The van der Waals surface area contributed by atoms with E-state index in [0.29, 0.717) is 6.54 Å². The lowest BCUT2D eigenvalue weighted by atomic mass is 10.2. The summed E-state index contributed by atoms with van der Waals surface area (Å²) in [6, 6.07) is 11.5. The van der Waals surface area contributed by atoms with E-state index >= 15 is 0 Å². The maximum Gasteiger partial charge on any atom is 0.149 e. The smallest absolute Gasteiger partial charge is 0.149 e. The molecule has 1 N–H and O–H groups in total. The summed E-state index contributed by atoms with van der Waals surface area (Å²) in [5.41, 5.74) is 4.95. The highest BCUT2D eigenvalue weighted by Gasteiger charge is 2.04. The summed E-state index contributed by atoms with van der Waals surface area (Å²) < 4.78 is 5.32. The summed E-state index contributed by atoms with van der Waals surface area (Å²) in [6.07, 6.45) is 2.46. The van der Waals surface area contributed by atoms with E-state index in [1.165, 1.54) is 0 Å². The molecule has 18 heavy (non-hydrogen) atoms. The van der Waals surface area contributed by atoms with Crippen LogP contribution in [-0.4, -0.2) is 5.71 Å². The molecule has 0 aliphatic heterocycles. The van der Waals surface area contributed by atoms with Crippen LogP contribution in [0, 0.1) is 0 Å². The molecule has 94 valence electrons. The lowest BCUT2D eigenvalue weighted by Crippen LogP contribution is -2.10. The summed E-state index contributed by atoms with van der Waals surface area (Å²) in [6.45, 7) is 2.64. The molecular formula is C14H15ClN2O. The van der Waals surface area contributed by atoms with Crippen LogP contribution < -0.4 is 5.43 Å². The van der Waals surface area contributed by atoms with Gasteiger partial charge in [-0.3, -0.25) is 0 Å². The zero-order valence-corrected chi connectivity index (χ0v) is 10.9. The number of furan rings is 1. The van der Waals surface area contributed by atoms with Crippen LogP contribution in [-0.2, 0) is 6.54 Å². The third-order valence-electron chi connectivity index (χ3n) is 2.58. The van der Waals surface area contributed by atoms with E-state index in [1.807, 2.05) is 43.3 Å². The van der Waals surface area contributed by atoms with E-state index < -0.39 is 0 Å². The fraction of sp³-hybridized carbons (Fsp3) is 0.214. The van der Waals surface area contributed by atoms with Crippen molar-refractivity contribution in [2.45, 2.75) is 19.9 Å². The average molecular weight is 263 g/mol. The summed E-state index contributed by atoms with van der Waals surface area (Å²) in [7, 11) is 0. The van der Waals surface area contributed by atoms with Crippen LogP contribution in [0.15, 0.2) is 52.2 Å². The highest BCUT2D eigenvalue weighted by Crippen LogP contribution is 2.14. The molecule has 0 radical (unpaired) electrons. The van der Waals surface area contributed by atoms with Gasteiger partial charge in [-0.2, -0.15) is 5.10 Å². The Hall–Kier alpha value is -1.74. The molecule has 1 heterocycles. The second kappa shape index (κ2) is 6.26. The minimum atomic E-state index is 0.601. The first kappa shape index (κ1) is 12.7. The van der Waals surface area contributed by atoms with Crippen molar-refractivity contribution in [3.8, 4) is 0 Å². The van der Waals surface area contributed by atoms with Crippen molar-refractivity contribution < 1.29 is 4.42 Å². The first-order valence-electron chi connectivity index (χ1n) is 5.88. The zero-order chi connectivity index (χ0) is 12.8. The normalized spacial score (nSPS) is 11.6. The number of hydrogen-bond donors (Lipinski definition) is 1. The Morgan fingerprint density at radius 3 is 2.78 bits per heavy atom. The number of nitrogens with one attached hydrogen (secondary N) is 1. The van der Waals surface area contributed by atoms with E-state index in [-0.39, 0.29) is 0 Å². The van der Waals surface area contributed by atoms with Crippen molar-refractivity contribution in [3.05, 3.63) is 59.0 Å². The van der Waals surface area contributed by atoms with E-state index in [9.17, 15) is 0 Å².